The number of hydrogen-bond acceptors (Lipinski definition) is 3. The maximum absolute atomic E-state index is 9.78. The maximum atomic E-state index is 9.78. The van der Waals surface area contributed by atoms with Crippen LogP contribution in [-0.4, -0.2) is 17.3 Å². The highest BCUT2D eigenvalue weighted by atomic mass is 35.5. The SMILES string of the molecule is CC1CCCC(CO)(Nc2c(Cl)cc(N)cc2Cl)C1. The van der Waals surface area contributed by atoms with E-state index in [4.69, 9.17) is 28.9 Å². The number of hydrogen-bond donors (Lipinski definition) is 3. The van der Waals surface area contributed by atoms with Gasteiger partial charge in [-0.25, -0.2) is 0 Å². The number of aliphatic hydroxyl groups excluding tert-OH is 1. The van der Waals surface area contributed by atoms with E-state index in [0.717, 1.165) is 19.3 Å². The van der Waals surface area contributed by atoms with Gasteiger partial charge in [-0.05, 0) is 30.9 Å². The maximum Gasteiger partial charge on any atom is 0.0725 e. The molecule has 0 spiro atoms. The van der Waals surface area contributed by atoms with E-state index in [0.29, 0.717) is 27.3 Å². The van der Waals surface area contributed by atoms with Crippen LogP contribution in [0.1, 0.15) is 32.6 Å². The second-order valence-electron chi connectivity index (χ2n) is 5.62. The molecule has 106 valence electrons. The van der Waals surface area contributed by atoms with Gasteiger partial charge in [0.15, 0.2) is 0 Å². The second kappa shape index (κ2) is 5.78. The first-order valence-electron chi connectivity index (χ1n) is 6.59. The first-order chi connectivity index (χ1) is 8.96. The average molecular weight is 303 g/mol. The molecule has 19 heavy (non-hydrogen) atoms. The predicted octanol–water partition coefficient (Wildman–Crippen LogP) is 3.93. The van der Waals surface area contributed by atoms with Gasteiger partial charge in [0.05, 0.1) is 27.9 Å². The van der Waals surface area contributed by atoms with E-state index < -0.39 is 0 Å². The van der Waals surface area contributed by atoms with Crippen molar-refractivity contribution in [1.29, 1.82) is 0 Å². The Hall–Kier alpha value is -0.640. The number of aliphatic hydroxyl groups is 1. The minimum atomic E-state index is -0.332. The standard InChI is InChI=1S/C14H20Cl2N2O/c1-9-3-2-4-14(7-9,8-19)18-13-11(15)5-10(17)6-12(13)16/h5-6,9,18-19H,2-4,7-8,17H2,1H3. The topological polar surface area (TPSA) is 58.3 Å². The molecule has 4 N–H and O–H groups in total. The van der Waals surface area contributed by atoms with Crippen LogP contribution in [0.5, 0.6) is 0 Å². The lowest BCUT2D eigenvalue weighted by Crippen LogP contribution is -2.46. The largest absolute Gasteiger partial charge is 0.399 e. The molecule has 1 saturated carbocycles. The summed E-state index contributed by atoms with van der Waals surface area (Å²) in [5.41, 5.74) is 6.58. The lowest BCUT2D eigenvalue weighted by Gasteiger charge is -2.40. The Morgan fingerprint density at radius 1 is 1.42 bits per heavy atom. The highest BCUT2D eigenvalue weighted by Gasteiger charge is 2.35. The van der Waals surface area contributed by atoms with Crippen molar-refractivity contribution in [2.45, 2.75) is 38.1 Å². The number of halogens is 2. The number of rotatable bonds is 3. The molecule has 2 atom stereocenters. The zero-order valence-corrected chi connectivity index (χ0v) is 12.6. The number of anilines is 2. The monoisotopic (exact) mass is 302 g/mol. The van der Waals surface area contributed by atoms with Crippen molar-refractivity contribution >= 4 is 34.6 Å². The minimum Gasteiger partial charge on any atom is -0.399 e. The molecule has 0 aliphatic heterocycles. The molecule has 2 rings (SSSR count). The normalized spacial score (nSPS) is 27.3. The van der Waals surface area contributed by atoms with Crippen LogP contribution in [0, 0.1) is 5.92 Å². The van der Waals surface area contributed by atoms with Gasteiger partial charge in [0.1, 0.15) is 0 Å². The fourth-order valence-corrected chi connectivity index (χ4v) is 3.53. The van der Waals surface area contributed by atoms with Crippen LogP contribution in [0.2, 0.25) is 10.0 Å². The van der Waals surface area contributed by atoms with Crippen molar-refractivity contribution in [1.82, 2.24) is 0 Å². The summed E-state index contributed by atoms with van der Waals surface area (Å²) in [5, 5.41) is 14.1. The number of nitrogens with one attached hydrogen (secondary N) is 1. The van der Waals surface area contributed by atoms with Crippen LogP contribution in [0.3, 0.4) is 0 Å². The Bertz CT molecular complexity index is 444. The molecule has 5 heteroatoms. The van der Waals surface area contributed by atoms with Crippen molar-refractivity contribution < 1.29 is 5.11 Å². The molecule has 2 unspecified atom stereocenters. The van der Waals surface area contributed by atoms with Gasteiger partial charge in [0, 0.05) is 5.69 Å². The summed E-state index contributed by atoms with van der Waals surface area (Å²) in [4.78, 5) is 0. The number of nitrogen functional groups attached to an aromatic ring is 1. The average Bonchev–Trinajstić information content (AvgIpc) is 2.34. The molecule has 0 amide bonds. The molecule has 3 nitrogen and oxygen atoms in total. The van der Waals surface area contributed by atoms with Crippen LogP contribution in [0.15, 0.2) is 12.1 Å². The minimum absolute atomic E-state index is 0.0778. The van der Waals surface area contributed by atoms with E-state index in [1.165, 1.54) is 6.42 Å². The Balaban J connectivity index is 2.28. The summed E-state index contributed by atoms with van der Waals surface area (Å²) in [6, 6.07) is 3.35. The van der Waals surface area contributed by atoms with Crippen molar-refractivity contribution in [2.24, 2.45) is 5.92 Å². The van der Waals surface area contributed by atoms with Crippen molar-refractivity contribution in [3.63, 3.8) is 0 Å². The van der Waals surface area contributed by atoms with Crippen LogP contribution in [0.4, 0.5) is 11.4 Å². The third kappa shape index (κ3) is 3.28. The Morgan fingerprint density at radius 3 is 2.58 bits per heavy atom. The summed E-state index contributed by atoms with van der Waals surface area (Å²) in [5.74, 6) is 0.583. The van der Waals surface area contributed by atoms with Gasteiger partial charge in [0.25, 0.3) is 0 Å². The summed E-state index contributed by atoms with van der Waals surface area (Å²) in [6.07, 6.45) is 4.14. The van der Waals surface area contributed by atoms with Crippen molar-refractivity contribution in [3.05, 3.63) is 22.2 Å². The summed E-state index contributed by atoms with van der Waals surface area (Å²) in [6.45, 7) is 2.28. The fourth-order valence-electron chi connectivity index (χ4n) is 2.93. The molecular formula is C14H20Cl2N2O. The highest BCUT2D eigenvalue weighted by molar-refractivity contribution is 6.39. The molecule has 0 heterocycles. The Kier molecular flexibility index (Phi) is 4.49. The quantitative estimate of drug-likeness (QED) is 0.742. The zero-order valence-electron chi connectivity index (χ0n) is 11.0. The summed E-state index contributed by atoms with van der Waals surface area (Å²) >= 11 is 12.4. The molecule has 0 saturated heterocycles. The fraction of sp³-hybridized carbons (Fsp3) is 0.571. The van der Waals surface area contributed by atoms with Gasteiger partial charge in [-0.1, -0.05) is 43.0 Å². The van der Waals surface area contributed by atoms with Crippen LogP contribution in [-0.2, 0) is 0 Å². The van der Waals surface area contributed by atoms with E-state index in [-0.39, 0.29) is 12.1 Å². The van der Waals surface area contributed by atoms with Gasteiger partial charge >= 0.3 is 0 Å². The van der Waals surface area contributed by atoms with E-state index in [1.54, 1.807) is 12.1 Å². The zero-order chi connectivity index (χ0) is 14.0. The van der Waals surface area contributed by atoms with Crippen LogP contribution in [0.25, 0.3) is 0 Å². The van der Waals surface area contributed by atoms with Crippen LogP contribution < -0.4 is 11.1 Å². The Morgan fingerprint density at radius 2 is 2.05 bits per heavy atom. The number of benzene rings is 1. The van der Waals surface area contributed by atoms with Gasteiger partial charge in [0.2, 0.25) is 0 Å². The third-order valence-corrected chi connectivity index (χ3v) is 4.44. The lowest BCUT2D eigenvalue weighted by atomic mass is 9.76. The van der Waals surface area contributed by atoms with Crippen molar-refractivity contribution in [2.75, 3.05) is 17.7 Å². The van der Waals surface area contributed by atoms with E-state index >= 15 is 0 Å². The summed E-state index contributed by atoms with van der Waals surface area (Å²) in [7, 11) is 0. The van der Waals surface area contributed by atoms with Gasteiger partial charge in [-0.3, -0.25) is 0 Å². The molecule has 0 radical (unpaired) electrons. The van der Waals surface area contributed by atoms with E-state index in [1.807, 2.05) is 0 Å². The highest BCUT2D eigenvalue weighted by Crippen LogP contribution is 2.40. The van der Waals surface area contributed by atoms with E-state index in [2.05, 4.69) is 12.2 Å². The smallest absolute Gasteiger partial charge is 0.0725 e. The molecule has 1 fully saturated rings. The van der Waals surface area contributed by atoms with E-state index in [9.17, 15) is 5.11 Å². The van der Waals surface area contributed by atoms with Crippen LogP contribution >= 0.6 is 23.2 Å². The molecular weight excluding hydrogens is 283 g/mol. The first kappa shape index (κ1) is 14.8. The molecule has 1 aromatic rings. The Labute approximate surface area is 124 Å². The van der Waals surface area contributed by atoms with Gasteiger partial charge < -0.3 is 16.2 Å². The molecule has 1 aromatic carbocycles. The third-order valence-electron chi connectivity index (χ3n) is 3.85. The second-order valence-corrected chi connectivity index (χ2v) is 6.44. The first-order valence-corrected chi connectivity index (χ1v) is 7.35. The van der Waals surface area contributed by atoms with Gasteiger partial charge in [-0.15, -0.1) is 0 Å². The number of nitrogens with two attached hydrogens (primary N) is 1. The van der Waals surface area contributed by atoms with Crippen molar-refractivity contribution in [3.8, 4) is 0 Å². The molecule has 1 aliphatic rings. The van der Waals surface area contributed by atoms with Gasteiger partial charge in [-0.2, -0.15) is 0 Å². The summed E-state index contributed by atoms with van der Waals surface area (Å²) < 4.78 is 0. The molecule has 0 bridgehead atoms. The molecule has 0 aromatic heterocycles. The molecule has 1 aliphatic carbocycles. The lowest BCUT2D eigenvalue weighted by molar-refractivity contribution is 0.149. The predicted molar refractivity (Wildman–Crippen MR) is 81.9 cm³/mol.